The molecule has 4 aromatic rings. The Kier molecular flexibility index (Phi) is 9.56. The summed E-state index contributed by atoms with van der Waals surface area (Å²) in [6, 6.07) is 29.4. The Morgan fingerprint density at radius 2 is 1.57 bits per heavy atom. The standard InChI is InChI=1S/C46H50N4O7Si/c1-29-44(58(3,4)37-15-13-36(56-2)14-16-37)40(25-43(54)49-27-32-10-6-5-9-31(32)23-35(49)28-51)57-46(29)38-24-34(48-21-19-42(48)53)12-17-39(38)50(45(46)55)26-30-8-7-11-33(22-30)47-20-18-41(47)52/h5-17,22,24,29,35,40,44,51H,18-21,23,25-28H2,1-4H3/t29-,35-,40+,44-,46+/m0/s1. The third kappa shape index (κ3) is 6.06. The summed E-state index contributed by atoms with van der Waals surface area (Å²) in [5.74, 6) is 0.171. The lowest BCUT2D eigenvalue weighted by Crippen LogP contribution is -2.52. The second-order valence-corrected chi connectivity index (χ2v) is 21.7. The lowest BCUT2D eigenvalue weighted by Gasteiger charge is -2.39. The molecule has 5 aliphatic heterocycles. The highest BCUT2D eigenvalue weighted by atomic mass is 28.3. The number of ether oxygens (including phenoxy) is 2. The molecule has 0 aliphatic carbocycles. The SMILES string of the molecule is COc1ccc([Si](C)(C)[C@@H]2[C@@H](CC(=O)N3Cc4ccccc4C[C@H]3CO)O[C@]3(C(=O)N(Cc4cccc(N5CCC5=O)c4)c4ccc(N5CCC5=O)cc43)[C@H]2C)cc1. The highest BCUT2D eigenvalue weighted by Crippen LogP contribution is 2.61. The quantitative estimate of drug-likeness (QED) is 0.172. The molecule has 3 fully saturated rings. The largest absolute Gasteiger partial charge is 0.497 e. The zero-order valence-electron chi connectivity index (χ0n) is 33.5. The van der Waals surface area contributed by atoms with Crippen LogP contribution in [-0.2, 0) is 49.0 Å². The number of hydrogen-bond donors (Lipinski definition) is 1. The maximum atomic E-state index is 15.6. The third-order valence-electron chi connectivity index (χ3n) is 13.7. The van der Waals surface area contributed by atoms with Crippen molar-refractivity contribution in [3.8, 4) is 5.75 Å². The Morgan fingerprint density at radius 3 is 2.21 bits per heavy atom. The Morgan fingerprint density at radius 1 is 0.879 bits per heavy atom. The zero-order chi connectivity index (χ0) is 40.5. The van der Waals surface area contributed by atoms with Crippen molar-refractivity contribution in [2.45, 2.75) is 82.1 Å². The summed E-state index contributed by atoms with van der Waals surface area (Å²) in [5.41, 5.74) is 4.37. The summed E-state index contributed by atoms with van der Waals surface area (Å²) in [4.78, 5) is 62.5. The van der Waals surface area contributed by atoms with Gasteiger partial charge in [-0.15, -0.1) is 0 Å². The maximum Gasteiger partial charge on any atom is 0.264 e. The van der Waals surface area contributed by atoms with E-state index in [0.29, 0.717) is 50.1 Å². The fourth-order valence-electron chi connectivity index (χ4n) is 10.3. The minimum atomic E-state index is -2.59. The molecule has 58 heavy (non-hydrogen) atoms. The summed E-state index contributed by atoms with van der Waals surface area (Å²) >= 11 is 0. The Bertz CT molecular complexity index is 2320. The fraction of sp³-hybridized carbons (Fsp3) is 0.391. The van der Waals surface area contributed by atoms with E-state index in [1.807, 2.05) is 72.8 Å². The van der Waals surface area contributed by atoms with Crippen LogP contribution < -0.4 is 24.6 Å². The van der Waals surface area contributed by atoms with Gasteiger partial charge in [-0.3, -0.25) is 19.2 Å². The van der Waals surface area contributed by atoms with E-state index in [1.165, 1.54) is 0 Å². The average Bonchev–Trinajstić information content (AvgIpc) is 3.64. The van der Waals surface area contributed by atoms with Gasteiger partial charge in [-0.1, -0.05) is 73.7 Å². The van der Waals surface area contributed by atoms with Crippen LogP contribution in [-0.4, -0.2) is 80.7 Å². The topological polar surface area (TPSA) is 120 Å². The normalized spacial score (nSPS) is 25.2. The molecule has 5 aliphatic rings. The van der Waals surface area contributed by atoms with Gasteiger partial charge in [0.2, 0.25) is 17.7 Å². The first-order valence-electron chi connectivity index (χ1n) is 20.4. The number of benzene rings is 4. The first kappa shape index (κ1) is 38.2. The molecule has 0 radical (unpaired) electrons. The number of aliphatic hydroxyl groups excluding tert-OH is 1. The maximum absolute atomic E-state index is 15.6. The van der Waals surface area contributed by atoms with E-state index < -0.39 is 19.8 Å². The van der Waals surface area contributed by atoms with E-state index in [0.717, 1.165) is 39.0 Å². The molecular formula is C46H50N4O7Si. The lowest BCUT2D eigenvalue weighted by atomic mass is 9.82. The second kappa shape index (κ2) is 14.5. The number of anilines is 3. The number of hydrogen-bond acceptors (Lipinski definition) is 7. The molecule has 4 aromatic carbocycles. The van der Waals surface area contributed by atoms with Gasteiger partial charge in [-0.2, -0.15) is 0 Å². The van der Waals surface area contributed by atoms with Crippen molar-refractivity contribution >= 4 is 54.0 Å². The van der Waals surface area contributed by atoms with Gasteiger partial charge in [-0.05, 0) is 71.1 Å². The highest BCUT2D eigenvalue weighted by Gasteiger charge is 2.66. The van der Waals surface area contributed by atoms with Gasteiger partial charge in [0.1, 0.15) is 5.75 Å². The van der Waals surface area contributed by atoms with Crippen molar-refractivity contribution in [3.63, 3.8) is 0 Å². The molecule has 0 saturated carbocycles. The molecular weight excluding hydrogens is 749 g/mol. The summed E-state index contributed by atoms with van der Waals surface area (Å²) < 4.78 is 12.9. The Hall–Kier alpha value is -5.30. The van der Waals surface area contributed by atoms with E-state index in [1.54, 1.807) is 26.7 Å². The average molecular weight is 799 g/mol. The number of β-lactam (4-membered cyclic amide) rings is 2. The molecule has 300 valence electrons. The molecule has 12 heteroatoms. The first-order valence-corrected chi connectivity index (χ1v) is 23.5. The molecule has 5 heterocycles. The van der Waals surface area contributed by atoms with Crippen LogP contribution in [0.3, 0.4) is 0 Å². The molecule has 11 nitrogen and oxygen atoms in total. The van der Waals surface area contributed by atoms with Crippen LogP contribution >= 0.6 is 0 Å². The number of carbonyl (C=O) groups excluding carboxylic acids is 4. The summed E-state index contributed by atoms with van der Waals surface area (Å²) in [6.07, 6.45) is 0.968. The monoisotopic (exact) mass is 798 g/mol. The van der Waals surface area contributed by atoms with Crippen molar-refractivity contribution in [2.24, 2.45) is 5.92 Å². The van der Waals surface area contributed by atoms with Crippen molar-refractivity contribution in [2.75, 3.05) is 41.5 Å². The smallest absolute Gasteiger partial charge is 0.264 e. The van der Waals surface area contributed by atoms with Gasteiger partial charge >= 0.3 is 0 Å². The van der Waals surface area contributed by atoms with E-state index >= 15 is 4.79 Å². The van der Waals surface area contributed by atoms with E-state index in [9.17, 15) is 19.5 Å². The first-order chi connectivity index (χ1) is 27.9. The van der Waals surface area contributed by atoms with Crippen molar-refractivity contribution in [1.29, 1.82) is 0 Å². The minimum absolute atomic E-state index is 0.0314. The van der Waals surface area contributed by atoms with Crippen LogP contribution in [0.15, 0.2) is 91.0 Å². The summed E-state index contributed by atoms with van der Waals surface area (Å²) in [6.45, 7) is 8.43. The molecule has 1 spiro atoms. The summed E-state index contributed by atoms with van der Waals surface area (Å²) in [5, 5.41) is 11.7. The van der Waals surface area contributed by atoms with Gasteiger partial charge in [0.15, 0.2) is 5.60 Å². The Labute approximate surface area is 340 Å². The van der Waals surface area contributed by atoms with Crippen molar-refractivity contribution in [1.82, 2.24) is 4.90 Å². The molecule has 5 atom stereocenters. The molecule has 3 saturated heterocycles. The van der Waals surface area contributed by atoms with Gasteiger partial charge in [0, 0.05) is 55.3 Å². The fourth-order valence-corrected chi connectivity index (χ4v) is 14.4. The molecule has 0 aromatic heterocycles. The highest BCUT2D eigenvalue weighted by molar-refractivity contribution is 6.91. The van der Waals surface area contributed by atoms with Crippen LogP contribution in [0.1, 0.15) is 48.4 Å². The van der Waals surface area contributed by atoms with Crippen LogP contribution in [0.2, 0.25) is 18.6 Å². The minimum Gasteiger partial charge on any atom is -0.497 e. The van der Waals surface area contributed by atoms with Gasteiger partial charge in [-0.25, -0.2) is 0 Å². The van der Waals surface area contributed by atoms with Crippen LogP contribution in [0.25, 0.3) is 0 Å². The molecule has 1 N–H and O–H groups in total. The number of methoxy groups -OCH3 is 1. The number of fused-ring (bicyclic) bond motifs is 3. The number of carbonyl (C=O) groups is 4. The lowest BCUT2D eigenvalue weighted by molar-refractivity contribution is -0.151. The molecule has 0 bridgehead atoms. The predicted molar refractivity (Wildman–Crippen MR) is 224 cm³/mol. The van der Waals surface area contributed by atoms with Crippen LogP contribution in [0, 0.1) is 5.92 Å². The molecule has 9 rings (SSSR count). The van der Waals surface area contributed by atoms with Crippen LogP contribution in [0.4, 0.5) is 17.1 Å². The molecule has 0 unspecified atom stereocenters. The van der Waals surface area contributed by atoms with Gasteiger partial charge in [0.05, 0.1) is 52.6 Å². The van der Waals surface area contributed by atoms with E-state index in [2.05, 4.69) is 38.2 Å². The second-order valence-electron chi connectivity index (χ2n) is 17.0. The van der Waals surface area contributed by atoms with Crippen LogP contribution in [0.5, 0.6) is 5.75 Å². The molecule has 4 amide bonds. The van der Waals surface area contributed by atoms with E-state index in [-0.39, 0.29) is 60.7 Å². The predicted octanol–water partition coefficient (Wildman–Crippen LogP) is 5.27. The van der Waals surface area contributed by atoms with E-state index in [4.69, 9.17) is 9.47 Å². The Balaban J connectivity index is 1.13. The summed E-state index contributed by atoms with van der Waals surface area (Å²) in [7, 11) is -0.943. The van der Waals surface area contributed by atoms with Crippen molar-refractivity contribution in [3.05, 3.63) is 113 Å². The number of nitrogens with zero attached hydrogens (tertiary/aromatic N) is 4. The third-order valence-corrected chi connectivity index (χ3v) is 18.0. The van der Waals surface area contributed by atoms with Crippen molar-refractivity contribution < 1.29 is 33.8 Å². The van der Waals surface area contributed by atoms with Gasteiger partial charge in [0.25, 0.3) is 5.91 Å². The van der Waals surface area contributed by atoms with Gasteiger partial charge < -0.3 is 34.2 Å². The number of aliphatic hydroxyl groups is 1. The zero-order valence-corrected chi connectivity index (χ0v) is 34.5. The number of rotatable bonds is 10. The number of amides is 4.